The largest absolute Gasteiger partial charge is 0.497 e. The van der Waals surface area contributed by atoms with Crippen molar-refractivity contribution in [3.8, 4) is 11.5 Å². The molecule has 0 saturated heterocycles. The molecule has 0 heterocycles. The number of rotatable bonds is 4. The molecule has 1 aliphatic carbocycles. The Kier molecular flexibility index (Phi) is 4.59. The van der Waals surface area contributed by atoms with E-state index in [0.29, 0.717) is 11.8 Å². The summed E-state index contributed by atoms with van der Waals surface area (Å²) in [6.45, 7) is 4.48. The number of aliphatic hydroxyl groups is 1. The molecule has 1 aliphatic rings. The summed E-state index contributed by atoms with van der Waals surface area (Å²) in [6.07, 6.45) is 3.89. The summed E-state index contributed by atoms with van der Waals surface area (Å²) >= 11 is 0. The standard InChI is InChI=1S/C17H26O3/c1-12(2)13-6-5-9-17(18,11-13)15-8-7-14(19-3)10-16(15)20-4/h7-8,10,12-13,18H,5-6,9,11H2,1-4H3. The summed E-state index contributed by atoms with van der Waals surface area (Å²) in [5, 5.41) is 11.1. The van der Waals surface area contributed by atoms with Crippen molar-refractivity contribution in [2.45, 2.75) is 45.1 Å². The van der Waals surface area contributed by atoms with E-state index in [2.05, 4.69) is 13.8 Å². The monoisotopic (exact) mass is 278 g/mol. The summed E-state index contributed by atoms with van der Waals surface area (Å²) in [5.41, 5.74) is 0.122. The molecule has 1 saturated carbocycles. The van der Waals surface area contributed by atoms with Crippen LogP contribution in [-0.4, -0.2) is 19.3 Å². The average molecular weight is 278 g/mol. The Bertz CT molecular complexity index is 456. The summed E-state index contributed by atoms with van der Waals surface area (Å²) in [4.78, 5) is 0. The minimum absolute atomic E-state index is 0.570. The number of hydrogen-bond donors (Lipinski definition) is 1. The Labute approximate surface area is 121 Å². The van der Waals surface area contributed by atoms with E-state index >= 15 is 0 Å². The first-order chi connectivity index (χ1) is 9.50. The van der Waals surface area contributed by atoms with Gasteiger partial charge in [0, 0.05) is 11.6 Å². The Hall–Kier alpha value is -1.22. The highest BCUT2D eigenvalue weighted by atomic mass is 16.5. The Morgan fingerprint density at radius 3 is 2.60 bits per heavy atom. The van der Waals surface area contributed by atoms with Crippen LogP contribution in [0.25, 0.3) is 0 Å². The Morgan fingerprint density at radius 1 is 1.25 bits per heavy atom. The minimum Gasteiger partial charge on any atom is -0.497 e. The topological polar surface area (TPSA) is 38.7 Å². The molecule has 0 radical (unpaired) electrons. The van der Waals surface area contributed by atoms with E-state index in [1.807, 2.05) is 18.2 Å². The van der Waals surface area contributed by atoms with E-state index in [1.54, 1.807) is 14.2 Å². The molecule has 0 aromatic heterocycles. The highest BCUT2D eigenvalue weighted by Crippen LogP contribution is 2.45. The van der Waals surface area contributed by atoms with Crippen molar-refractivity contribution in [1.82, 2.24) is 0 Å². The molecule has 0 bridgehead atoms. The van der Waals surface area contributed by atoms with Gasteiger partial charge in [0.25, 0.3) is 0 Å². The quantitative estimate of drug-likeness (QED) is 0.912. The highest BCUT2D eigenvalue weighted by molar-refractivity contribution is 5.44. The third-order valence-electron chi connectivity index (χ3n) is 4.62. The van der Waals surface area contributed by atoms with Crippen LogP contribution in [-0.2, 0) is 5.60 Å². The van der Waals surface area contributed by atoms with Crippen LogP contribution in [0.2, 0.25) is 0 Å². The van der Waals surface area contributed by atoms with E-state index in [1.165, 1.54) is 6.42 Å². The molecule has 0 amide bonds. The zero-order chi connectivity index (χ0) is 14.8. The van der Waals surface area contributed by atoms with Gasteiger partial charge in [0.15, 0.2) is 0 Å². The van der Waals surface area contributed by atoms with Gasteiger partial charge in [-0.05, 0) is 49.7 Å². The van der Waals surface area contributed by atoms with E-state index in [-0.39, 0.29) is 0 Å². The van der Waals surface area contributed by atoms with E-state index in [0.717, 1.165) is 36.3 Å². The molecule has 20 heavy (non-hydrogen) atoms. The second-order valence-electron chi connectivity index (χ2n) is 6.20. The second kappa shape index (κ2) is 6.04. The predicted octanol–water partition coefficient (Wildman–Crippen LogP) is 3.74. The molecule has 2 unspecified atom stereocenters. The molecule has 3 heteroatoms. The minimum atomic E-state index is -0.773. The normalized spacial score (nSPS) is 26.6. The number of methoxy groups -OCH3 is 2. The lowest BCUT2D eigenvalue weighted by Crippen LogP contribution is -2.34. The van der Waals surface area contributed by atoms with Gasteiger partial charge in [-0.25, -0.2) is 0 Å². The van der Waals surface area contributed by atoms with Crippen LogP contribution in [0.5, 0.6) is 11.5 Å². The van der Waals surface area contributed by atoms with Gasteiger partial charge in [-0.2, -0.15) is 0 Å². The van der Waals surface area contributed by atoms with Crippen LogP contribution in [0.4, 0.5) is 0 Å². The molecule has 3 nitrogen and oxygen atoms in total. The smallest absolute Gasteiger partial charge is 0.128 e. The summed E-state index contributed by atoms with van der Waals surface area (Å²) in [7, 11) is 3.28. The summed E-state index contributed by atoms with van der Waals surface area (Å²) in [5.74, 6) is 2.65. The zero-order valence-corrected chi connectivity index (χ0v) is 13.0. The maximum absolute atomic E-state index is 11.1. The van der Waals surface area contributed by atoms with Crippen LogP contribution in [0.15, 0.2) is 18.2 Å². The maximum Gasteiger partial charge on any atom is 0.128 e. The van der Waals surface area contributed by atoms with Gasteiger partial charge in [-0.1, -0.05) is 13.8 Å². The van der Waals surface area contributed by atoms with E-state index in [9.17, 15) is 5.11 Å². The first-order valence-electron chi connectivity index (χ1n) is 7.45. The van der Waals surface area contributed by atoms with Crippen LogP contribution in [0.3, 0.4) is 0 Å². The lowest BCUT2D eigenvalue weighted by Gasteiger charge is -2.39. The van der Waals surface area contributed by atoms with Crippen molar-refractivity contribution in [3.05, 3.63) is 23.8 Å². The van der Waals surface area contributed by atoms with Gasteiger partial charge in [0.1, 0.15) is 11.5 Å². The number of ether oxygens (including phenoxy) is 2. The molecule has 2 rings (SSSR count). The molecule has 1 aromatic rings. The summed E-state index contributed by atoms with van der Waals surface area (Å²) < 4.78 is 10.7. The van der Waals surface area contributed by atoms with E-state index < -0.39 is 5.60 Å². The fraction of sp³-hybridized carbons (Fsp3) is 0.647. The Balaban J connectivity index is 2.33. The van der Waals surface area contributed by atoms with Crippen molar-refractivity contribution in [3.63, 3.8) is 0 Å². The molecule has 1 aromatic carbocycles. The van der Waals surface area contributed by atoms with Crippen LogP contribution < -0.4 is 9.47 Å². The number of hydrogen-bond acceptors (Lipinski definition) is 3. The predicted molar refractivity (Wildman–Crippen MR) is 80.2 cm³/mol. The van der Waals surface area contributed by atoms with Gasteiger partial charge in [0.05, 0.1) is 19.8 Å². The lowest BCUT2D eigenvalue weighted by molar-refractivity contribution is -0.0311. The zero-order valence-electron chi connectivity index (χ0n) is 13.0. The second-order valence-corrected chi connectivity index (χ2v) is 6.20. The van der Waals surface area contributed by atoms with Crippen LogP contribution in [0, 0.1) is 11.8 Å². The SMILES string of the molecule is COc1ccc(C2(O)CCCC(C(C)C)C2)c(OC)c1. The molecule has 2 atom stereocenters. The third-order valence-corrected chi connectivity index (χ3v) is 4.62. The fourth-order valence-electron chi connectivity index (χ4n) is 3.29. The van der Waals surface area contributed by atoms with Crippen molar-refractivity contribution >= 4 is 0 Å². The average Bonchev–Trinajstić information content (AvgIpc) is 2.46. The molecule has 0 aliphatic heterocycles. The maximum atomic E-state index is 11.1. The lowest BCUT2D eigenvalue weighted by atomic mass is 9.71. The highest BCUT2D eigenvalue weighted by Gasteiger charge is 2.38. The first-order valence-corrected chi connectivity index (χ1v) is 7.45. The first kappa shape index (κ1) is 15.2. The molecule has 112 valence electrons. The van der Waals surface area contributed by atoms with Crippen molar-refractivity contribution in [2.75, 3.05) is 14.2 Å². The molecular weight excluding hydrogens is 252 g/mol. The Morgan fingerprint density at radius 2 is 2.00 bits per heavy atom. The van der Waals surface area contributed by atoms with Crippen molar-refractivity contribution in [1.29, 1.82) is 0 Å². The number of benzene rings is 1. The van der Waals surface area contributed by atoms with Gasteiger partial charge in [0.2, 0.25) is 0 Å². The molecular formula is C17H26O3. The molecule has 0 spiro atoms. The van der Waals surface area contributed by atoms with Gasteiger partial charge < -0.3 is 14.6 Å². The van der Waals surface area contributed by atoms with Crippen molar-refractivity contribution < 1.29 is 14.6 Å². The van der Waals surface area contributed by atoms with Gasteiger partial charge in [-0.3, -0.25) is 0 Å². The van der Waals surface area contributed by atoms with Gasteiger partial charge >= 0.3 is 0 Å². The summed E-state index contributed by atoms with van der Waals surface area (Å²) in [6, 6.07) is 5.70. The van der Waals surface area contributed by atoms with Crippen LogP contribution >= 0.6 is 0 Å². The third kappa shape index (κ3) is 2.93. The molecule has 1 N–H and O–H groups in total. The fourth-order valence-corrected chi connectivity index (χ4v) is 3.29. The van der Waals surface area contributed by atoms with Crippen molar-refractivity contribution in [2.24, 2.45) is 11.8 Å². The van der Waals surface area contributed by atoms with Gasteiger partial charge in [-0.15, -0.1) is 0 Å². The molecule has 1 fully saturated rings. The van der Waals surface area contributed by atoms with E-state index in [4.69, 9.17) is 9.47 Å². The van der Waals surface area contributed by atoms with Crippen LogP contribution in [0.1, 0.15) is 45.1 Å².